The maximum Gasteiger partial charge on any atom is 0.141 e. The summed E-state index contributed by atoms with van der Waals surface area (Å²) in [4.78, 5) is 2.50. The molecule has 2 heterocycles. The van der Waals surface area contributed by atoms with Crippen LogP contribution in [0.25, 0.3) is 11.0 Å². The Bertz CT molecular complexity index is 817. The lowest BCUT2D eigenvalue weighted by Crippen LogP contribution is -2.18. The van der Waals surface area contributed by atoms with Crippen LogP contribution in [0.2, 0.25) is 0 Å². The van der Waals surface area contributed by atoms with Gasteiger partial charge in [-0.2, -0.15) is 0 Å². The second kappa shape index (κ2) is 7.19. The van der Waals surface area contributed by atoms with E-state index >= 15 is 0 Å². The molecule has 0 atom stereocenters. The predicted molar refractivity (Wildman–Crippen MR) is 101 cm³/mol. The molecule has 4 heteroatoms. The number of ether oxygens (including phenoxy) is 1. The molecule has 0 aliphatic carbocycles. The van der Waals surface area contributed by atoms with Crippen molar-refractivity contribution in [2.75, 3.05) is 25.5 Å². The van der Waals surface area contributed by atoms with Gasteiger partial charge in [0, 0.05) is 11.9 Å². The van der Waals surface area contributed by atoms with Gasteiger partial charge in [0.1, 0.15) is 17.1 Å². The number of anilines is 1. The molecule has 0 amide bonds. The molecular weight excluding hydrogens is 312 g/mol. The van der Waals surface area contributed by atoms with Gasteiger partial charge in [0.05, 0.1) is 19.3 Å². The topological polar surface area (TPSA) is 37.6 Å². The lowest BCUT2D eigenvalue weighted by atomic mass is 10.1. The summed E-state index contributed by atoms with van der Waals surface area (Å²) in [5.41, 5.74) is 3.25. The first-order valence-corrected chi connectivity index (χ1v) is 8.92. The van der Waals surface area contributed by atoms with Crippen LogP contribution in [-0.2, 0) is 13.1 Å². The third kappa shape index (κ3) is 3.64. The Morgan fingerprint density at radius 1 is 1.08 bits per heavy atom. The molecular formula is C21H24N2O2. The summed E-state index contributed by atoms with van der Waals surface area (Å²) in [5.74, 6) is 1.79. The van der Waals surface area contributed by atoms with E-state index < -0.39 is 0 Å². The van der Waals surface area contributed by atoms with E-state index in [4.69, 9.17) is 9.15 Å². The molecule has 4 rings (SSSR count). The summed E-state index contributed by atoms with van der Waals surface area (Å²) < 4.78 is 11.4. The summed E-state index contributed by atoms with van der Waals surface area (Å²) in [6.07, 6.45) is 2.63. The highest BCUT2D eigenvalue weighted by atomic mass is 16.5. The number of para-hydroxylation sites is 1. The quantitative estimate of drug-likeness (QED) is 0.711. The fourth-order valence-electron chi connectivity index (χ4n) is 3.50. The molecule has 3 aromatic rings. The Labute approximate surface area is 148 Å². The number of nitrogens with one attached hydrogen (secondary N) is 1. The number of rotatable bonds is 6. The average Bonchev–Trinajstić information content (AvgIpc) is 3.29. The molecule has 1 N–H and O–H groups in total. The highest BCUT2D eigenvalue weighted by molar-refractivity contribution is 5.77. The monoisotopic (exact) mass is 336 g/mol. The standard InChI is InChI=1S/C21H24N2O2/c1-24-21-9-8-16(15-23-10-4-5-11-23)12-19(21)22-14-18-13-17-6-2-3-7-20(17)25-18/h2-3,6-9,12-13,22H,4-5,10-11,14-15H2,1H3. The Hall–Kier alpha value is -2.46. The van der Waals surface area contributed by atoms with Crippen LogP contribution in [0, 0.1) is 0 Å². The lowest BCUT2D eigenvalue weighted by molar-refractivity contribution is 0.331. The summed E-state index contributed by atoms with van der Waals surface area (Å²) >= 11 is 0. The minimum Gasteiger partial charge on any atom is -0.495 e. The average molecular weight is 336 g/mol. The molecule has 1 aliphatic heterocycles. The smallest absolute Gasteiger partial charge is 0.141 e. The van der Waals surface area contributed by atoms with Crippen molar-refractivity contribution in [3.8, 4) is 5.75 Å². The van der Waals surface area contributed by atoms with Crippen LogP contribution in [0.15, 0.2) is 52.9 Å². The molecule has 1 saturated heterocycles. The second-order valence-corrected chi connectivity index (χ2v) is 6.62. The normalized spacial score (nSPS) is 14.9. The van der Waals surface area contributed by atoms with Crippen molar-refractivity contribution >= 4 is 16.7 Å². The molecule has 4 nitrogen and oxygen atoms in total. The van der Waals surface area contributed by atoms with Crippen LogP contribution in [0.5, 0.6) is 5.75 Å². The number of nitrogens with zero attached hydrogens (tertiary/aromatic N) is 1. The maximum absolute atomic E-state index is 5.89. The molecule has 25 heavy (non-hydrogen) atoms. The largest absolute Gasteiger partial charge is 0.495 e. The zero-order valence-electron chi connectivity index (χ0n) is 14.6. The number of likely N-dealkylation sites (tertiary alicyclic amines) is 1. The van der Waals surface area contributed by atoms with E-state index in [1.807, 2.05) is 24.3 Å². The Kier molecular flexibility index (Phi) is 4.61. The molecule has 0 unspecified atom stereocenters. The van der Waals surface area contributed by atoms with E-state index in [9.17, 15) is 0 Å². The van der Waals surface area contributed by atoms with Gasteiger partial charge in [-0.1, -0.05) is 24.3 Å². The zero-order valence-corrected chi connectivity index (χ0v) is 14.6. The van der Waals surface area contributed by atoms with E-state index in [0.717, 1.165) is 34.7 Å². The number of fused-ring (bicyclic) bond motifs is 1. The van der Waals surface area contributed by atoms with Gasteiger partial charge in [-0.25, -0.2) is 0 Å². The first-order chi connectivity index (χ1) is 12.3. The van der Waals surface area contributed by atoms with Crippen molar-refractivity contribution in [1.82, 2.24) is 4.90 Å². The number of hydrogen-bond donors (Lipinski definition) is 1. The van der Waals surface area contributed by atoms with E-state index in [1.54, 1.807) is 7.11 Å². The third-order valence-electron chi connectivity index (χ3n) is 4.80. The predicted octanol–water partition coefficient (Wildman–Crippen LogP) is 4.65. The van der Waals surface area contributed by atoms with Crippen LogP contribution in [0.4, 0.5) is 5.69 Å². The van der Waals surface area contributed by atoms with Gasteiger partial charge in [0.25, 0.3) is 0 Å². The van der Waals surface area contributed by atoms with E-state index in [-0.39, 0.29) is 0 Å². The van der Waals surface area contributed by atoms with Gasteiger partial charge in [0.15, 0.2) is 0 Å². The van der Waals surface area contributed by atoms with E-state index in [2.05, 4.69) is 34.5 Å². The summed E-state index contributed by atoms with van der Waals surface area (Å²) in [5, 5.41) is 4.60. The Balaban J connectivity index is 1.49. The van der Waals surface area contributed by atoms with Crippen LogP contribution < -0.4 is 10.1 Å². The van der Waals surface area contributed by atoms with E-state index in [1.165, 1.54) is 31.5 Å². The van der Waals surface area contributed by atoms with Crippen molar-refractivity contribution in [3.05, 3.63) is 59.9 Å². The number of hydrogen-bond acceptors (Lipinski definition) is 4. The summed E-state index contributed by atoms with van der Waals surface area (Å²) in [7, 11) is 1.71. The molecule has 130 valence electrons. The van der Waals surface area contributed by atoms with Gasteiger partial charge in [0.2, 0.25) is 0 Å². The first-order valence-electron chi connectivity index (χ1n) is 8.92. The highest BCUT2D eigenvalue weighted by Gasteiger charge is 2.13. The number of methoxy groups -OCH3 is 1. The molecule has 0 saturated carbocycles. The zero-order chi connectivity index (χ0) is 17.1. The van der Waals surface area contributed by atoms with E-state index in [0.29, 0.717) is 6.54 Å². The molecule has 1 aromatic heterocycles. The third-order valence-corrected chi connectivity index (χ3v) is 4.80. The fraction of sp³-hybridized carbons (Fsp3) is 0.333. The Morgan fingerprint density at radius 3 is 2.72 bits per heavy atom. The van der Waals surface area contributed by atoms with Crippen molar-refractivity contribution in [1.29, 1.82) is 0 Å². The van der Waals surface area contributed by atoms with Crippen molar-refractivity contribution in [2.45, 2.75) is 25.9 Å². The highest BCUT2D eigenvalue weighted by Crippen LogP contribution is 2.28. The molecule has 1 fully saturated rings. The van der Waals surface area contributed by atoms with Crippen molar-refractivity contribution < 1.29 is 9.15 Å². The maximum atomic E-state index is 5.89. The molecule has 1 aliphatic rings. The van der Waals surface area contributed by atoms with Gasteiger partial charge in [-0.15, -0.1) is 0 Å². The van der Waals surface area contributed by atoms with Crippen molar-refractivity contribution in [3.63, 3.8) is 0 Å². The SMILES string of the molecule is COc1ccc(CN2CCCC2)cc1NCc1cc2ccccc2o1. The van der Waals surface area contributed by atoms with Crippen LogP contribution in [0.3, 0.4) is 0 Å². The van der Waals surface area contributed by atoms with Gasteiger partial charge < -0.3 is 14.5 Å². The molecule has 2 aromatic carbocycles. The van der Waals surface area contributed by atoms with Crippen LogP contribution in [-0.4, -0.2) is 25.1 Å². The van der Waals surface area contributed by atoms with Crippen LogP contribution >= 0.6 is 0 Å². The minimum absolute atomic E-state index is 0.637. The number of benzene rings is 2. The minimum atomic E-state index is 0.637. The second-order valence-electron chi connectivity index (χ2n) is 6.62. The van der Waals surface area contributed by atoms with Gasteiger partial charge in [-0.05, 0) is 55.8 Å². The molecule has 0 radical (unpaired) electrons. The van der Waals surface area contributed by atoms with Crippen LogP contribution in [0.1, 0.15) is 24.2 Å². The summed E-state index contributed by atoms with van der Waals surface area (Å²) in [6.45, 7) is 4.04. The fourth-order valence-corrected chi connectivity index (χ4v) is 3.50. The van der Waals surface area contributed by atoms with Crippen molar-refractivity contribution in [2.24, 2.45) is 0 Å². The first kappa shape index (κ1) is 16.0. The Morgan fingerprint density at radius 2 is 1.92 bits per heavy atom. The van der Waals surface area contributed by atoms with Gasteiger partial charge in [-0.3, -0.25) is 4.90 Å². The molecule has 0 bridgehead atoms. The number of furan rings is 1. The summed E-state index contributed by atoms with van der Waals surface area (Å²) in [6, 6.07) is 16.6. The lowest BCUT2D eigenvalue weighted by Gasteiger charge is -2.17. The molecule has 0 spiro atoms. The van der Waals surface area contributed by atoms with Gasteiger partial charge >= 0.3 is 0 Å².